The number of fused-ring (bicyclic) bond motifs is 5. The smallest absolute Gasteiger partial charge is 0.121 e. The number of benzene rings is 8. The first kappa shape index (κ1) is 43.4. The van der Waals surface area contributed by atoms with Gasteiger partial charge in [0.25, 0.3) is 0 Å². The summed E-state index contributed by atoms with van der Waals surface area (Å²) in [7, 11) is 0. The third kappa shape index (κ3) is 8.66. The Kier molecular flexibility index (Phi) is 12.4. The van der Waals surface area contributed by atoms with Crippen molar-refractivity contribution >= 4 is 44.0 Å². The topological polar surface area (TPSA) is 48.8 Å². The summed E-state index contributed by atoms with van der Waals surface area (Å²) >= 11 is 0. The second-order valence-electron chi connectivity index (χ2n) is 18.9. The number of hydrogen-bond acceptors (Lipinski definition) is 3. The molecule has 0 saturated carbocycles. The van der Waals surface area contributed by atoms with Crippen LogP contribution in [0.3, 0.4) is 0 Å². The van der Waals surface area contributed by atoms with Crippen LogP contribution in [0.1, 0.15) is 111 Å². The number of imidazole rings is 2. The van der Waals surface area contributed by atoms with Crippen LogP contribution in [0.2, 0.25) is 0 Å². The van der Waals surface area contributed by atoms with Gasteiger partial charge in [-0.05, 0) is 87.4 Å². The summed E-state index contributed by atoms with van der Waals surface area (Å²) in [6.45, 7) is 15.5. The van der Waals surface area contributed by atoms with Gasteiger partial charge < -0.3 is 13.6 Å². The van der Waals surface area contributed by atoms with Crippen LogP contribution in [0, 0.1) is 19.0 Å². The third-order valence-corrected chi connectivity index (χ3v) is 13.1. The Labute approximate surface area is 424 Å². The van der Waals surface area contributed by atoms with Crippen LogP contribution in [-0.4, -0.2) is 19.1 Å². The van der Waals surface area contributed by atoms with E-state index < -0.39 is 6.85 Å². The van der Waals surface area contributed by atoms with Crippen LogP contribution in [-0.2, 0) is 20.1 Å². The number of para-hydroxylation sites is 6. The fraction of sp³-hybridized carbons (Fsp3) is 0.206. The molecule has 0 aliphatic rings. The van der Waals surface area contributed by atoms with E-state index in [1.54, 1.807) is 6.07 Å². The Morgan fingerprint density at radius 3 is 1.58 bits per heavy atom. The monoisotopic (exact) mass is 1080 g/mol. The number of rotatable bonds is 9. The van der Waals surface area contributed by atoms with E-state index in [1.165, 1.54) is 27.9 Å². The molecule has 0 fully saturated rings. The molecule has 0 amide bonds. The summed E-state index contributed by atoms with van der Waals surface area (Å²) in [5.41, 5.74) is 16.5. The van der Waals surface area contributed by atoms with Gasteiger partial charge in [-0.3, -0.25) is 9.97 Å². The molecule has 1 radical (unpaired) electrons. The normalized spacial score (nSPS) is 12.5. The van der Waals surface area contributed by atoms with Gasteiger partial charge in [0.1, 0.15) is 5.58 Å². The SMILES string of the molecule is CC(C)c1cccc(C(C)C)c1-n1c(-c2[c-]cccc2)nc2ccccc21.[2H]C([2H])([2H])c1c[c-]c(-c2nc3ccccc3n2-c2c(C(C)C)cccc2C(C)C)c2oc3cc(-c4ccccc4)ccc3c12.[Ir]. The first-order valence-electron chi connectivity index (χ1n) is 25.4. The molecule has 0 aliphatic heterocycles. The van der Waals surface area contributed by atoms with Crippen molar-refractivity contribution in [2.24, 2.45) is 0 Å². The van der Waals surface area contributed by atoms with Crippen LogP contribution in [0.5, 0.6) is 0 Å². The summed E-state index contributed by atoms with van der Waals surface area (Å²) < 4.78 is 36.4. The van der Waals surface area contributed by atoms with E-state index in [0.29, 0.717) is 39.8 Å². The molecule has 0 N–H and O–H groups in total. The van der Waals surface area contributed by atoms with Gasteiger partial charge in [0, 0.05) is 41.0 Å². The van der Waals surface area contributed by atoms with Crippen LogP contribution < -0.4 is 0 Å². The molecular formula is C63H58IrN4O-2. The Bertz CT molecular complexity index is 3660. The van der Waals surface area contributed by atoms with Gasteiger partial charge >= 0.3 is 0 Å². The quantitative estimate of drug-likeness (QED) is 0.135. The standard InChI is InChI=1S/C38H33N2O.C25H25N2.Ir/c1-23(2)28-14-11-15-29(24(3)4)36(28)40-33-17-10-9-16-32(33)39-38(40)31-20-18-25(5)35-30-21-19-27(22-34(30)41-37(31)35)26-12-7-6-8-13-26;1-17(2)20-13-10-14-21(18(3)4)24(20)27-23-16-9-8-15-22(23)26-25(27)19-11-6-5-7-12-19;/h6-19,21-24H,1-5H3;5-11,13-18H,1-4H3;/q2*-1;/i5D3;;. The van der Waals surface area contributed by atoms with Gasteiger partial charge in [-0.2, -0.15) is 0 Å². The number of nitrogens with zero attached hydrogens (tertiary/aromatic N) is 4. The number of aromatic nitrogens is 4. The van der Waals surface area contributed by atoms with Crippen molar-refractivity contribution in [1.82, 2.24) is 19.1 Å². The van der Waals surface area contributed by atoms with E-state index in [0.717, 1.165) is 55.7 Å². The molecule has 0 aliphatic carbocycles. The minimum Gasteiger partial charge on any atom is -0.501 e. The second-order valence-corrected chi connectivity index (χ2v) is 18.9. The van der Waals surface area contributed by atoms with Crippen molar-refractivity contribution in [2.45, 2.75) is 85.9 Å². The molecule has 0 unspecified atom stereocenters. The zero-order chi connectivity index (χ0) is 49.7. The molecule has 11 aromatic rings. The summed E-state index contributed by atoms with van der Waals surface area (Å²) in [5.74, 6) is 3.00. The molecule has 0 atom stereocenters. The molecule has 0 bridgehead atoms. The zero-order valence-corrected chi connectivity index (χ0v) is 42.8. The summed E-state index contributed by atoms with van der Waals surface area (Å²) in [6.07, 6.45) is 0. The number of aryl methyl sites for hydroxylation is 1. The Balaban J connectivity index is 0.000000196. The van der Waals surface area contributed by atoms with Gasteiger partial charge in [0.15, 0.2) is 0 Å². The van der Waals surface area contributed by atoms with Gasteiger partial charge in [-0.15, -0.1) is 53.6 Å². The number of furan rings is 1. The van der Waals surface area contributed by atoms with Crippen molar-refractivity contribution in [3.05, 3.63) is 204 Å². The predicted octanol–water partition coefficient (Wildman–Crippen LogP) is 17.4. The minimum atomic E-state index is -2.35. The Hall–Kier alpha value is -6.85. The van der Waals surface area contributed by atoms with Gasteiger partial charge in [-0.1, -0.05) is 176 Å². The molecule has 6 heteroatoms. The van der Waals surface area contributed by atoms with Crippen LogP contribution >= 0.6 is 0 Å². The van der Waals surface area contributed by atoms with Crippen molar-refractivity contribution < 1.29 is 28.6 Å². The van der Waals surface area contributed by atoms with Crippen LogP contribution in [0.15, 0.2) is 168 Å². The van der Waals surface area contributed by atoms with Gasteiger partial charge in [-0.25, -0.2) is 0 Å². The Morgan fingerprint density at radius 2 is 1.04 bits per heavy atom. The molecule has 11 rings (SSSR count). The predicted molar refractivity (Wildman–Crippen MR) is 284 cm³/mol. The van der Waals surface area contributed by atoms with E-state index in [9.17, 15) is 0 Å². The average molecular weight is 1080 g/mol. The van der Waals surface area contributed by atoms with Crippen LogP contribution in [0.25, 0.3) is 89.3 Å². The molecule has 69 heavy (non-hydrogen) atoms. The zero-order valence-electron chi connectivity index (χ0n) is 43.4. The van der Waals surface area contributed by atoms with Crippen LogP contribution in [0.4, 0.5) is 0 Å². The molecular weight excluding hydrogens is 1020 g/mol. The molecule has 3 aromatic heterocycles. The molecule has 8 aromatic carbocycles. The first-order chi connectivity index (χ1) is 34.2. The van der Waals surface area contributed by atoms with Gasteiger partial charge in [0.05, 0.1) is 39.3 Å². The largest absolute Gasteiger partial charge is 0.501 e. The van der Waals surface area contributed by atoms with Crippen molar-refractivity contribution in [2.75, 3.05) is 0 Å². The first-order valence-corrected chi connectivity index (χ1v) is 23.9. The molecule has 347 valence electrons. The van der Waals surface area contributed by atoms with E-state index >= 15 is 0 Å². The molecule has 0 saturated heterocycles. The maximum Gasteiger partial charge on any atom is 0.121 e. The van der Waals surface area contributed by atoms with E-state index in [2.05, 4.69) is 162 Å². The van der Waals surface area contributed by atoms with E-state index in [1.807, 2.05) is 72.8 Å². The summed E-state index contributed by atoms with van der Waals surface area (Å²) in [6, 6.07) is 62.2. The number of hydrogen-bond donors (Lipinski definition) is 0. The average Bonchev–Trinajstić information content (AvgIpc) is 4.07. The maximum absolute atomic E-state index is 8.39. The molecule has 0 spiro atoms. The third-order valence-electron chi connectivity index (χ3n) is 13.1. The molecule has 5 nitrogen and oxygen atoms in total. The van der Waals surface area contributed by atoms with Gasteiger partial charge in [0.2, 0.25) is 0 Å². The maximum atomic E-state index is 8.39. The summed E-state index contributed by atoms with van der Waals surface area (Å²) in [5, 5.41) is 1.34. The molecule has 3 heterocycles. The minimum absolute atomic E-state index is 0. The fourth-order valence-corrected chi connectivity index (χ4v) is 9.72. The Morgan fingerprint density at radius 1 is 0.522 bits per heavy atom. The van der Waals surface area contributed by atoms with Crippen molar-refractivity contribution in [3.63, 3.8) is 0 Å². The van der Waals surface area contributed by atoms with Crippen molar-refractivity contribution in [3.8, 4) is 45.3 Å². The van der Waals surface area contributed by atoms with Crippen molar-refractivity contribution in [1.29, 1.82) is 0 Å². The summed E-state index contributed by atoms with van der Waals surface area (Å²) in [4.78, 5) is 10.2. The second kappa shape index (κ2) is 19.6. The fourth-order valence-electron chi connectivity index (χ4n) is 9.72. The van der Waals surface area contributed by atoms with E-state index in [4.69, 9.17) is 18.5 Å². The van der Waals surface area contributed by atoms with E-state index in [-0.39, 0.29) is 37.5 Å².